The van der Waals surface area contributed by atoms with Crippen molar-refractivity contribution < 1.29 is 14.5 Å². The molecular formula is C17H17N3O4. The monoisotopic (exact) mass is 327 g/mol. The van der Waals surface area contributed by atoms with Gasteiger partial charge < -0.3 is 15.4 Å². The standard InChI is InChI=1S/C17H17N3O4/c1-24-16-9-12(6-7-15(16)20(22)23)18-10-11-8-17(21)19-14-5-3-2-4-13(11)14/h2-7,9,11,18H,8,10H2,1H3,(H,19,21). The Labute approximate surface area is 138 Å². The van der Waals surface area contributed by atoms with Crippen molar-refractivity contribution in [3.8, 4) is 5.75 Å². The summed E-state index contributed by atoms with van der Waals surface area (Å²) in [5.74, 6) is 0.227. The van der Waals surface area contributed by atoms with Gasteiger partial charge in [-0.3, -0.25) is 14.9 Å². The third-order valence-electron chi connectivity index (χ3n) is 4.04. The molecule has 0 radical (unpaired) electrons. The van der Waals surface area contributed by atoms with Crippen molar-refractivity contribution in [2.75, 3.05) is 24.3 Å². The molecule has 1 aliphatic rings. The zero-order chi connectivity index (χ0) is 17.1. The molecule has 2 aromatic rings. The molecule has 7 nitrogen and oxygen atoms in total. The molecule has 7 heteroatoms. The number of carbonyl (C=O) groups excluding carboxylic acids is 1. The van der Waals surface area contributed by atoms with E-state index in [9.17, 15) is 14.9 Å². The maximum absolute atomic E-state index is 11.8. The molecule has 0 aromatic heterocycles. The fourth-order valence-corrected chi connectivity index (χ4v) is 2.86. The van der Waals surface area contributed by atoms with Crippen molar-refractivity contribution in [3.63, 3.8) is 0 Å². The maximum Gasteiger partial charge on any atom is 0.311 e. The highest BCUT2D eigenvalue weighted by molar-refractivity contribution is 5.94. The summed E-state index contributed by atoms with van der Waals surface area (Å²) in [6.45, 7) is 0.547. The number of hydrogen-bond acceptors (Lipinski definition) is 5. The van der Waals surface area contributed by atoms with Gasteiger partial charge in [0.05, 0.1) is 12.0 Å². The van der Waals surface area contributed by atoms with Crippen LogP contribution < -0.4 is 15.4 Å². The Hall–Kier alpha value is -3.09. The average molecular weight is 327 g/mol. The number of nitro benzene ring substituents is 1. The van der Waals surface area contributed by atoms with Gasteiger partial charge in [-0.05, 0) is 17.7 Å². The second-order valence-electron chi connectivity index (χ2n) is 5.56. The van der Waals surface area contributed by atoms with Crippen LogP contribution in [0, 0.1) is 10.1 Å². The van der Waals surface area contributed by atoms with Crippen LogP contribution in [0.5, 0.6) is 5.75 Å². The molecule has 0 bridgehead atoms. The van der Waals surface area contributed by atoms with E-state index < -0.39 is 4.92 Å². The van der Waals surface area contributed by atoms with E-state index in [4.69, 9.17) is 4.74 Å². The number of nitro groups is 1. The van der Waals surface area contributed by atoms with E-state index in [-0.39, 0.29) is 23.3 Å². The minimum absolute atomic E-state index is 0.0122. The van der Waals surface area contributed by atoms with E-state index in [1.54, 1.807) is 12.1 Å². The van der Waals surface area contributed by atoms with Crippen LogP contribution in [0.3, 0.4) is 0 Å². The fraction of sp³-hybridized carbons (Fsp3) is 0.235. The van der Waals surface area contributed by atoms with Crippen LogP contribution in [0.1, 0.15) is 17.9 Å². The molecule has 24 heavy (non-hydrogen) atoms. The van der Waals surface area contributed by atoms with Crippen molar-refractivity contribution in [1.82, 2.24) is 0 Å². The Bertz CT molecular complexity index is 791. The van der Waals surface area contributed by atoms with Gasteiger partial charge in [-0.15, -0.1) is 0 Å². The first-order valence-electron chi connectivity index (χ1n) is 7.53. The van der Waals surface area contributed by atoms with Crippen molar-refractivity contribution >= 4 is 23.0 Å². The number of rotatable bonds is 5. The van der Waals surface area contributed by atoms with Crippen molar-refractivity contribution in [2.24, 2.45) is 0 Å². The van der Waals surface area contributed by atoms with E-state index in [0.717, 1.165) is 11.3 Å². The van der Waals surface area contributed by atoms with Gasteiger partial charge in [-0.1, -0.05) is 18.2 Å². The van der Waals surface area contributed by atoms with Crippen LogP contribution in [0.15, 0.2) is 42.5 Å². The fourth-order valence-electron chi connectivity index (χ4n) is 2.86. The highest BCUT2D eigenvalue weighted by Gasteiger charge is 2.24. The van der Waals surface area contributed by atoms with Crippen molar-refractivity contribution in [2.45, 2.75) is 12.3 Å². The lowest BCUT2D eigenvalue weighted by Crippen LogP contribution is -2.26. The molecule has 0 fully saturated rings. The van der Waals surface area contributed by atoms with Gasteiger partial charge in [-0.2, -0.15) is 0 Å². The number of fused-ring (bicyclic) bond motifs is 1. The van der Waals surface area contributed by atoms with Crippen molar-refractivity contribution in [3.05, 3.63) is 58.1 Å². The van der Waals surface area contributed by atoms with Gasteiger partial charge in [0.1, 0.15) is 0 Å². The second kappa shape index (κ2) is 6.57. The molecule has 1 amide bonds. The predicted octanol–water partition coefficient (Wildman–Crippen LogP) is 3.14. The first kappa shape index (κ1) is 15.8. The van der Waals surface area contributed by atoms with Gasteiger partial charge in [-0.25, -0.2) is 0 Å². The van der Waals surface area contributed by atoms with E-state index >= 15 is 0 Å². The lowest BCUT2D eigenvalue weighted by atomic mass is 9.90. The molecule has 1 unspecified atom stereocenters. The molecule has 0 aliphatic carbocycles. The lowest BCUT2D eigenvalue weighted by Gasteiger charge is -2.26. The molecule has 0 saturated heterocycles. The Morgan fingerprint density at radius 2 is 2.12 bits per heavy atom. The van der Waals surface area contributed by atoms with Gasteiger partial charge >= 0.3 is 5.69 Å². The second-order valence-corrected chi connectivity index (χ2v) is 5.56. The number of ether oxygens (including phenoxy) is 1. The molecule has 124 valence electrons. The molecule has 3 rings (SSSR count). The predicted molar refractivity (Wildman–Crippen MR) is 90.6 cm³/mol. The van der Waals surface area contributed by atoms with Gasteiger partial charge in [0.2, 0.25) is 5.91 Å². The molecule has 2 aromatic carbocycles. The smallest absolute Gasteiger partial charge is 0.311 e. The molecule has 0 saturated carbocycles. The minimum Gasteiger partial charge on any atom is -0.490 e. The summed E-state index contributed by atoms with van der Waals surface area (Å²) in [7, 11) is 1.40. The van der Waals surface area contributed by atoms with Crippen LogP contribution in [0.2, 0.25) is 0 Å². The van der Waals surface area contributed by atoms with E-state index in [2.05, 4.69) is 10.6 Å². The number of nitrogens with one attached hydrogen (secondary N) is 2. The first-order valence-corrected chi connectivity index (χ1v) is 7.53. The summed E-state index contributed by atoms with van der Waals surface area (Å²) in [4.78, 5) is 22.3. The summed E-state index contributed by atoms with van der Waals surface area (Å²) in [6, 6.07) is 12.3. The topological polar surface area (TPSA) is 93.5 Å². The third kappa shape index (κ3) is 3.15. The number of anilines is 2. The molecule has 1 heterocycles. The highest BCUT2D eigenvalue weighted by atomic mass is 16.6. The zero-order valence-corrected chi connectivity index (χ0v) is 13.1. The molecule has 2 N–H and O–H groups in total. The number of para-hydroxylation sites is 1. The Morgan fingerprint density at radius 1 is 1.33 bits per heavy atom. The number of carbonyl (C=O) groups is 1. The maximum atomic E-state index is 11.8. The summed E-state index contributed by atoms with van der Waals surface area (Å²) in [6.07, 6.45) is 0.397. The van der Waals surface area contributed by atoms with Gasteiger partial charge in [0.15, 0.2) is 5.75 Å². The van der Waals surface area contributed by atoms with Gasteiger partial charge in [0.25, 0.3) is 0 Å². The Balaban J connectivity index is 1.77. The summed E-state index contributed by atoms with van der Waals surface area (Å²) in [5, 5.41) is 17.0. The number of methoxy groups -OCH3 is 1. The Kier molecular flexibility index (Phi) is 4.33. The first-order chi connectivity index (χ1) is 11.6. The van der Waals surface area contributed by atoms with Crippen LogP contribution >= 0.6 is 0 Å². The molecular weight excluding hydrogens is 310 g/mol. The average Bonchev–Trinajstić information content (AvgIpc) is 2.59. The largest absolute Gasteiger partial charge is 0.490 e. The normalized spacial score (nSPS) is 16.0. The SMILES string of the molecule is COc1cc(NCC2CC(=O)Nc3ccccc32)ccc1[N+](=O)[O-]. The number of hydrogen-bond donors (Lipinski definition) is 2. The minimum atomic E-state index is -0.482. The zero-order valence-electron chi connectivity index (χ0n) is 13.1. The molecule has 1 aliphatic heterocycles. The number of nitrogens with zero attached hydrogens (tertiary/aromatic N) is 1. The summed E-state index contributed by atoms with van der Waals surface area (Å²) in [5.41, 5.74) is 2.55. The van der Waals surface area contributed by atoms with Crippen LogP contribution in [0.4, 0.5) is 17.1 Å². The van der Waals surface area contributed by atoms with Crippen LogP contribution in [-0.4, -0.2) is 24.5 Å². The van der Waals surface area contributed by atoms with Crippen LogP contribution in [0.25, 0.3) is 0 Å². The van der Waals surface area contributed by atoms with E-state index in [1.165, 1.54) is 13.2 Å². The summed E-state index contributed by atoms with van der Waals surface area (Å²) < 4.78 is 5.07. The van der Waals surface area contributed by atoms with E-state index in [0.29, 0.717) is 18.7 Å². The van der Waals surface area contributed by atoms with Crippen molar-refractivity contribution in [1.29, 1.82) is 0 Å². The highest BCUT2D eigenvalue weighted by Crippen LogP contribution is 2.33. The summed E-state index contributed by atoms with van der Waals surface area (Å²) >= 11 is 0. The van der Waals surface area contributed by atoms with Crippen LogP contribution in [-0.2, 0) is 4.79 Å². The van der Waals surface area contributed by atoms with Gasteiger partial charge in [0, 0.05) is 42.4 Å². The Morgan fingerprint density at radius 3 is 2.88 bits per heavy atom. The molecule has 0 spiro atoms. The molecule has 1 atom stereocenters. The van der Waals surface area contributed by atoms with E-state index in [1.807, 2.05) is 24.3 Å². The lowest BCUT2D eigenvalue weighted by molar-refractivity contribution is -0.385. The number of amides is 1. The third-order valence-corrected chi connectivity index (χ3v) is 4.04. The quantitative estimate of drug-likeness (QED) is 0.650. The number of benzene rings is 2.